The van der Waals surface area contributed by atoms with Crippen molar-refractivity contribution in [1.29, 1.82) is 0 Å². The van der Waals surface area contributed by atoms with Gasteiger partial charge in [-0.15, -0.1) is 0 Å². The monoisotopic (exact) mass is 797 g/mol. The Morgan fingerprint density at radius 3 is 1.63 bits per heavy atom. The van der Waals surface area contributed by atoms with Crippen molar-refractivity contribution in [2.75, 3.05) is 4.90 Å². The van der Waals surface area contributed by atoms with Crippen LogP contribution in [0, 0.1) is 11.8 Å². The van der Waals surface area contributed by atoms with Crippen molar-refractivity contribution >= 4 is 17.1 Å². The molecule has 0 radical (unpaired) electrons. The van der Waals surface area contributed by atoms with E-state index in [9.17, 15) is 0 Å². The maximum atomic E-state index is 2.66. The molecule has 0 saturated heterocycles. The number of fused-ring (bicyclic) bond motifs is 14. The second kappa shape index (κ2) is 12.8. The van der Waals surface area contributed by atoms with E-state index in [1.165, 1.54) is 126 Å². The molecule has 13 rings (SSSR count). The molecular formula is C61H51N. The zero-order valence-corrected chi connectivity index (χ0v) is 36.2. The average Bonchev–Trinajstić information content (AvgIpc) is 4.10. The standard InChI is InChI=1S/C61H51N/c1-59(2)49-24-11-6-20-46(49)57-45(22-15-26-51(57)59)44-19-9-14-29-55(44)62(56-30-16-27-52-58(56)47-21-7-12-25-50(47)61(52)37-38-31-33-40(61)35-38)54-28-13-8-17-41(54)39-32-34-43-42-18-5-10-23-48(42)60(3,4)53(43)36-39/h5-30,32,34,36,38,40H,31,33,35,37H2,1-4H3. The van der Waals surface area contributed by atoms with E-state index in [0.29, 0.717) is 5.92 Å². The number of hydrogen-bond donors (Lipinski definition) is 0. The molecule has 8 aromatic rings. The SMILES string of the molecule is CC1(C)c2ccccc2-c2ccc(-c3ccccc3N(c3ccccc3-c3cccc4c3-c3ccccc3C4(C)C)c3cccc4c3-c3ccccc3C43CC4CCC3C4)cc21. The van der Waals surface area contributed by atoms with Crippen molar-refractivity contribution in [3.63, 3.8) is 0 Å². The van der Waals surface area contributed by atoms with Gasteiger partial charge in [-0.1, -0.05) is 186 Å². The van der Waals surface area contributed by atoms with Gasteiger partial charge in [0.1, 0.15) is 0 Å². The highest BCUT2D eigenvalue weighted by Gasteiger charge is 2.57. The summed E-state index contributed by atoms with van der Waals surface area (Å²) in [7, 11) is 0. The van der Waals surface area contributed by atoms with Gasteiger partial charge >= 0.3 is 0 Å². The lowest BCUT2D eigenvalue weighted by atomic mass is 9.67. The third-order valence-corrected chi connectivity index (χ3v) is 16.4. The summed E-state index contributed by atoms with van der Waals surface area (Å²) in [5.74, 6) is 1.50. The molecule has 1 heteroatoms. The zero-order chi connectivity index (χ0) is 41.5. The first-order chi connectivity index (χ1) is 30.3. The molecule has 0 N–H and O–H groups in total. The summed E-state index contributed by atoms with van der Waals surface area (Å²) in [6, 6.07) is 67.6. The van der Waals surface area contributed by atoms with Gasteiger partial charge in [0.05, 0.1) is 17.1 Å². The molecule has 1 nitrogen and oxygen atoms in total. The van der Waals surface area contributed by atoms with Crippen LogP contribution in [0.5, 0.6) is 0 Å². The minimum atomic E-state index is -0.0974. The minimum absolute atomic E-state index is 0.0751. The van der Waals surface area contributed by atoms with Gasteiger partial charge in [-0.05, 0) is 128 Å². The summed E-state index contributed by atoms with van der Waals surface area (Å²) in [6.07, 6.45) is 5.31. The molecule has 62 heavy (non-hydrogen) atoms. The van der Waals surface area contributed by atoms with Crippen LogP contribution in [0.1, 0.15) is 86.8 Å². The molecule has 0 heterocycles. The predicted molar refractivity (Wildman–Crippen MR) is 259 cm³/mol. The molecular weight excluding hydrogens is 747 g/mol. The summed E-state index contributed by atoms with van der Waals surface area (Å²) < 4.78 is 0. The van der Waals surface area contributed by atoms with Gasteiger partial charge in [-0.2, -0.15) is 0 Å². The minimum Gasteiger partial charge on any atom is -0.309 e. The van der Waals surface area contributed by atoms with E-state index < -0.39 is 0 Å². The van der Waals surface area contributed by atoms with Crippen LogP contribution in [0.2, 0.25) is 0 Å². The molecule has 2 bridgehead atoms. The highest BCUT2D eigenvalue weighted by molar-refractivity contribution is 6.03. The summed E-state index contributed by atoms with van der Waals surface area (Å²) in [5.41, 5.74) is 25.5. The topological polar surface area (TPSA) is 3.24 Å². The molecule has 0 aromatic heterocycles. The molecule has 8 aromatic carbocycles. The van der Waals surface area contributed by atoms with Crippen LogP contribution in [0.3, 0.4) is 0 Å². The third kappa shape index (κ3) is 4.69. The number of rotatable bonds is 5. The number of nitrogens with zero attached hydrogens (tertiary/aromatic N) is 1. The predicted octanol–water partition coefficient (Wildman–Crippen LogP) is 16.2. The first-order valence-electron chi connectivity index (χ1n) is 23.0. The van der Waals surface area contributed by atoms with Crippen LogP contribution in [-0.2, 0) is 16.2 Å². The fraction of sp³-hybridized carbons (Fsp3) is 0.213. The van der Waals surface area contributed by atoms with Crippen molar-refractivity contribution in [3.8, 4) is 55.6 Å². The van der Waals surface area contributed by atoms with Gasteiger partial charge in [-0.3, -0.25) is 0 Å². The highest BCUT2D eigenvalue weighted by Crippen LogP contribution is 2.67. The Balaban J connectivity index is 1.09. The van der Waals surface area contributed by atoms with Crippen LogP contribution >= 0.6 is 0 Å². The molecule has 2 fully saturated rings. The van der Waals surface area contributed by atoms with E-state index in [0.717, 1.165) is 5.92 Å². The first kappa shape index (κ1) is 36.2. The second-order valence-electron chi connectivity index (χ2n) is 20.0. The normalized spacial score (nSPS) is 21.0. The van der Waals surface area contributed by atoms with E-state index in [4.69, 9.17) is 0 Å². The van der Waals surface area contributed by atoms with E-state index in [2.05, 4.69) is 209 Å². The van der Waals surface area contributed by atoms with Gasteiger partial charge in [0.15, 0.2) is 0 Å². The van der Waals surface area contributed by atoms with Crippen LogP contribution < -0.4 is 4.90 Å². The average molecular weight is 798 g/mol. The number of anilines is 3. The van der Waals surface area contributed by atoms with E-state index in [1.54, 1.807) is 5.56 Å². The Labute approximate surface area is 366 Å². The van der Waals surface area contributed by atoms with Crippen LogP contribution in [0.4, 0.5) is 17.1 Å². The largest absolute Gasteiger partial charge is 0.309 e. The van der Waals surface area contributed by atoms with Gasteiger partial charge in [0, 0.05) is 32.9 Å². The Bertz CT molecular complexity index is 3180. The fourth-order valence-corrected chi connectivity index (χ4v) is 13.7. The van der Waals surface area contributed by atoms with Gasteiger partial charge in [0.2, 0.25) is 0 Å². The Morgan fingerprint density at radius 1 is 0.387 bits per heavy atom. The van der Waals surface area contributed by atoms with Gasteiger partial charge in [0.25, 0.3) is 0 Å². The van der Waals surface area contributed by atoms with Gasteiger partial charge < -0.3 is 4.90 Å². The Morgan fingerprint density at radius 2 is 0.903 bits per heavy atom. The lowest BCUT2D eigenvalue weighted by Crippen LogP contribution is -2.31. The summed E-state index contributed by atoms with van der Waals surface area (Å²) >= 11 is 0. The number of para-hydroxylation sites is 2. The molecule has 300 valence electrons. The summed E-state index contributed by atoms with van der Waals surface area (Å²) in [5, 5.41) is 0. The summed E-state index contributed by atoms with van der Waals surface area (Å²) in [4.78, 5) is 2.66. The Kier molecular flexibility index (Phi) is 7.48. The van der Waals surface area contributed by atoms with Crippen LogP contribution in [-0.4, -0.2) is 0 Å². The van der Waals surface area contributed by atoms with Crippen molar-refractivity contribution < 1.29 is 0 Å². The van der Waals surface area contributed by atoms with Crippen molar-refractivity contribution in [1.82, 2.24) is 0 Å². The molecule has 3 unspecified atom stereocenters. The van der Waals surface area contributed by atoms with Crippen molar-refractivity contribution in [2.24, 2.45) is 11.8 Å². The molecule has 5 aliphatic carbocycles. The van der Waals surface area contributed by atoms with Crippen LogP contribution in [0.15, 0.2) is 176 Å². The molecule has 0 amide bonds. The molecule has 0 aliphatic heterocycles. The molecule has 3 atom stereocenters. The highest BCUT2D eigenvalue weighted by atomic mass is 15.2. The quantitative estimate of drug-likeness (QED) is 0.168. The smallest absolute Gasteiger partial charge is 0.0543 e. The summed E-state index contributed by atoms with van der Waals surface area (Å²) in [6.45, 7) is 9.57. The van der Waals surface area contributed by atoms with Crippen molar-refractivity contribution in [2.45, 2.75) is 69.6 Å². The molecule has 2 saturated carbocycles. The first-order valence-corrected chi connectivity index (χ1v) is 23.0. The third-order valence-electron chi connectivity index (χ3n) is 16.4. The Hall–Kier alpha value is -6.44. The van der Waals surface area contributed by atoms with Gasteiger partial charge in [-0.25, -0.2) is 0 Å². The molecule has 5 aliphatic rings. The van der Waals surface area contributed by atoms with E-state index in [1.807, 2.05) is 0 Å². The maximum Gasteiger partial charge on any atom is 0.0543 e. The zero-order valence-electron chi connectivity index (χ0n) is 36.2. The fourth-order valence-electron chi connectivity index (χ4n) is 13.7. The number of benzene rings is 8. The van der Waals surface area contributed by atoms with E-state index in [-0.39, 0.29) is 16.2 Å². The second-order valence-corrected chi connectivity index (χ2v) is 20.0. The lowest BCUT2D eigenvalue weighted by Gasteiger charge is -2.37. The van der Waals surface area contributed by atoms with Crippen molar-refractivity contribution in [3.05, 3.63) is 209 Å². The maximum absolute atomic E-state index is 2.66. The van der Waals surface area contributed by atoms with E-state index >= 15 is 0 Å². The molecule has 1 spiro atoms. The number of hydrogen-bond acceptors (Lipinski definition) is 1. The lowest BCUT2D eigenvalue weighted by molar-refractivity contribution is 0.327. The van der Waals surface area contributed by atoms with Crippen LogP contribution in [0.25, 0.3) is 55.6 Å².